The minimum absolute atomic E-state index is 0.348. The SMILES string of the molecule is O=C(NO)c1cccc(-n2cc(CSc3ccccc3)nn2)c1. The van der Waals surface area contributed by atoms with Crippen molar-refractivity contribution in [1.82, 2.24) is 20.5 Å². The monoisotopic (exact) mass is 326 g/mol. The Labute approximate surface area is 137 Å². The second kappa shape index (κ2) is 7.08. The van der Waals surface area contributed by atoms with Crippen LogP contribution < -0.4 is 5.48 Å². The van der Waals surface area contributed by atoms with Gasteiger partial charge in [-0.3, -0.25) is 10.0 Å². The van der Waals surface area contributed by atoms with Gasteiger partial charge in [-0.15, -0.1) is 16.9 Å². The summed E-state index contributed by atoms with van der Waals surface area (Å²) < 4.78 is 1.61. The van der Waals surface area contributed by atoms with Crippen LogP contribution in [0.5, 0.6) is 0 Å². The molecule has 0 fully saturated rings. The van der Waals surface area contributed by atoms with Crippen LogP contribution in [0.4, 0.5) is 0 Å². The van der Waals surface area contributed by atoms with Crippen molar-refractivity contribution in [2.75, 3.05) is 0 Å². The molecule has 1 amide bonds. The lowest BCUT2D eigenvalue weighted by Crippen LogP contribution is -2.18. The molecule has 0 atom stereocenters. The maximum Gasteiger partial charge on any atom is 0.274 e. The van der Waals surface area contributed by atoms with Crippen molar-refractivity contribution >= 4 is 17.7 Å². The van der Waals surface area contributed by atoms with Crippen LogP contribution in [-0.2, 0) is 5.75 Å². The summed E-state index contributed by atoms with van der Waals surface area (Å²) in [5, 5.41) is 16.9. The Balaban J connectivity index is 1.73. The van der Waals surface area contributed by atoms with Gasteiger partial charge in [0.05, 0.1) is 17.6 Å². The number of nitrogens with zero attached hydrogens (tertiary/aromatic N) is 3. The van der Waals surface area contributed by atoms with E-state index in [0.29, 0.717) is 17.0 Å². The van der Waals surface area contributed by atoms with Crippen LogP contribution >= 0.6 is 11.8 Å². The van der Waals surface area contributed by atoms with Crippen LogP contribution in [0.1, 0.15) is 16.1 Å². The fraction of sp³-hybridized carbons (Fsp3) is 0.0625. The molecule has 116 valence electrons. The van der Waals surface area contributed by atoms with Gasteiger partial charge in [0.2, 0.25) is 0 Å². The minimum atomic E-state index is -0.563. The quantitative estimate of drug-likeness (QED) is 0.428. The number of thioether (sulfide) groups is 1. The highest BCUT2D eigenvalue weighted by molar-refractivity contribution is 7.98. The zero-order valence-electron chi connectivity index (χ0n) is 12.1. The minimum Gasteiger partial charge on any atom is -0.288 e. The molecular formula is C16H14N4O2S. The maximum absolute atomic E-state index is 11.5. The molecule has 0 spiro atoms. The van der Waals surface area contributed by atoms with Crippen molar-refractivity contribution in [1.29, 1.82) is 0 Å². The van der Waals surface area contributed by atoms with Crippen molar-refractivity contribution in [3.63, 3.8) is 0 Å². The highest BCUT2D eigenvalue weighted by Crippen LogP contribution is 2.21. The van der Waals surface area contributed by atoms with Gasteiger partial charge >= 0.3 is 0 Å². The molecule has 3 aromatic rings. The first-order valence-electron chi connectivity index (χ1n) is 6.90. The van der Waals surface area contributed by atoms with E-state index in [1.807, 2.05) is 42.6 Å². The molecule has 6 nitrogen and oxygen atoms in total. The summed E-state index contributed by atoms with van der Waals surface area (Å²) in [6.45, 7) is 0. The van der Waals surface area contributed by atoms with Gasteiger partial charge in [-0.25, -0.2) is 10.2 Å². The number of carbonyl (C=O) groups is 1. The molecule has 23 heavy (non-hydrogen) atoms. The highest BCUT2D eigenvalue weighted by Gasteiger charge is 2.08. The number of carbonyl (C=O) groups excluding carboxylic acids is 1. The van der Waals surface area contributed by atoms with Gasteiger partial charge in [0.25, 0.3) is 5.91 Å². The fourth-order valence-electron chi connectivity index (χ4n) is 2.02. The smallest absolute Gasteiger partial charge is 0.274 e. The third kappa shape index (κ3) is 3.77. The van der Waals surface area contributed by atoms with E-state index in [9.17, 15) is 4.79 Å². The fourth-order valence-corrected chi connectivity index (χ4v) is 2.82. The third-order valence-electron chi connectivity index (χ3n) is 3.15. The Kier molecular flexibility index (Phi) is 4.70. The number of hydrogen-bond donors (Lipinski definition) is 2. The van der Waals surface area contributed by atoms with E-state index in [1.165, 1.54) is 4.90 Å². The lowest BCUT2D eigenvalue weighted by molar-refractivity contribution is 0.0706. The second-order valence-electron chi connectivity index (χ2n) is 4.75. The van der Waals surface area contributed by atoms with E-state index in [-0.39, 0.29) is 0 Å². The van der Waals surface area contributed by atoms with Crippen molar-refractivity contribution in [2.45, 2.75) is 10.6 Å². The molecule has 0 aliphatic rings. The summed E-state index contributed by atoms with van der Waals surface area (Å²) in [4.78, 5) is 12.6. The summed E-state index contributed by atoms with van der Waals surface area (Å²) in [7, 11) is 0. The molecule has 0 aliphatic carbocycles. The van der Waals surface area contributed by atoms with Gasteiger partial charge in [-0.05, 0) is 30.3 Å². The van der Waals surface area contributed by atoms with E-state index < -0.39 is 5.91 Å². The Bertz CT molecular complexity index is 805. The molecule has 0 saturated heterocycles. The first-order valence-corrected chi connectivity index (χ1v) is 7.89. The molecule has 0 aliphatic heterocycles. The molecule has 0 radical (unpaired) electrons. The molecule has 7 heteroatoms. The molecule has 1 aromatic heterocycles. The molecule has 0 bridgehead atoms. The van der Waals surface area contributed by atoms with E-state index in [4.69, 9.17) is 5.21 Å². The van der Waals surface area contributed by atoms with Gasteiger partial charge in [0.1, 0.15) is 0 Å². The predicted molar refractivity (Wildman–Crippen MR) is 86.6 cm³/mol. The van der Waals surface area contributed by atoms with Crippen LogP contribution in [0.2, 0.25) is 0 Å². The number of benzene rings is 2. The summed E-state index contributed by atoms with van der Waals surface area (Å²) in [5.74, 6) is 0.146. The normalized spacial score (nSPS) is 10.5. The standard InChI is InChI=1S/C16H14N4O2S/c21-16(18-22)12-5-4-6-14(9-12)20-10-13(17-19-20)11-23-15-7-2-1-3-8-15/h1-10,22H,11H2,(H,18,21). The maximum atomic E-state index is 11.5. The lowest BCUT2D eigenvalue weighted by atomic mass is 10.2. The van der Waals surface area contributed by atoms with Crippen molar-refractivity contribution < 1.29 is 10.0 Å². The molecular weight excluding hydrogens is 312 g/mol. The largest absolute Gasteiger partial charge is 0.288 e. The Morgan fingerprint density at radius 3 is 2.78 bits per heavy atom. The average molecular weight is 326 g/mol. The predicted octanol–water partition coefficient (Wildman–Crippen LogP) is 2.68. The van der Waals surface area contributed by atoms with Crippen molar-refractivity contribution in [2.24, 2.45) is 0 Å². The molecule has 0 unspecified atom stereocenters. The van der Waals surface area contributed by atoms with Gasteiger partial charge in [0, 0.05) is 16.2 Å². The van der Waals surface area contributed by atoms with Crippen LogP contribution in [0.25, 0.3) is 5.69 Å². The molecule has 0 saturated carbocycles. The number of amides is 1. The van der Waals surface area contributed by atoms with E-state index >= 15 is 0 Å². The van der Waals surface area contributed by atoms with Crippen molar-refractivity contribution in [3.05, 3.63) is 72.1 Å². The van der Waals surface area contributed by atoms with Crippen LogP contribution in [0, 0.1) is 0 Å². The third-order valence-corrected chi connectivity index (χ3v) is 4.19. The van der Waals surface area contributed by atoms with Gasteiger partial charge < -0.3 is 0 Å². The van der Waals surface area contributed by atoms with E-state index in [2.05, 4.69) is 10.3 Å². The topological polar surface area (TPSA) is 80.0 Å². The summed E-state index contributed by atoms with van der Waals surface area (Å²) in [5.41, 5.74) is 3.51. The molecule has 3 rings (SSSR count). The molecule has 1 heterocycles. The Hall–Kier alpha value is -2.64. The van der Waals surface area contributed by atoms with Crippen molar-refractivity contribution in [3.8, 4) is 5.69 Å². The zero-order chi connectivity index (χ0) is 16.1. The summed E-state index contributed by atoms with van der Waals surface area (Å²) in [6, 6.07) is 16.9. The number of hydroxylamine groups is 1. The first kappa shape index (κ1) is 15.3. The van der Waals surface area contributed by atoms with Crippen LogP contribution in [-0.4, -0.2) is 26.1 Å². The Morgan fingerprint density at radius 1 is 1.17 bits per heavy atom. The van der Waals surface area contributed by atoms with Crippen LogP contribution in [0.3, 0.4) is 0 Å². The number of hydrogen-bond acceptors (Lipinski definition) is 5. The Morgan fingerprint density at radius 2 is 2.00 bits per heavy atom. The van der Waals surface area contributed by atoms with E-state index in [0.717, 1.165) is 5.69 Å². The average Bonchev–Trinajstić information content (AvgIpc) is 3.09. The van der Waals surface area contributed by atoms with E-state index in [1.54, 1.807) is 40.1 Å². The number of nitrogens with one attached hydrogen (secondary N) is 1. The zero-order valence-corrected chi connectivity index (χ0v) is 12.9. The second-order valence-corrected chi connectivity index (χ2v) is 5.80. The highest BCUT2D eigenvalue weighted by atomic mass is 32.2. The van der Waals surface area contributed by atoms with Gasteiger partial charge in [-0.2, -0.15) is 0 Å². The first-order chi connectivity index (χ1) is 11.3. The van der Waals surface area contributed by atoms with Gasteiger partial charge in [-0.1, -0.05) is 29.5 Å². The summed E-state index contributed by atoms with van der Waals surface area (Å²) in [6.07, 6.45) is 1.83. The lowest BCUT2D eigenvalue weighted by Gasteiger charge is -2.03. The number of aromatic nitrogens is 3. The molecule has 2 aromatic carbocycles. The summed E-state index contributed by atoms with van der Waals surface area (Å²) >= 11 is 1.68. The number of rotatable bonds is 5. The van der Waals surface area contributed by atoms with Crippen LogP contribution in [0.15, 0.2) is 65.7 Å². The van der Waals surface area contributed by atoms with Gasteiger partial charge in [0.15, 0.2) is 0 Å². The molecule has 2 N–H and O–H groups in total.